The lowest BCUT2D eigenvalue weighted by atomic mass is 9.70. The van der Waals surface area contributed by atoms with E-state index in [1.807, 2.05) is 45.9 Å². The van der Waals surface area contributed by atoms with Gasteiger partial charge in [0.2, 0.25) is 0 Å². The van der Waals surface area contributed by atoms with Gasteiger partial charge in [0.25, 0.3) is 8.32 Å². The number of alkyl carbamates (subject to hydrolysis) is 1. The zero-order valence-electron chi connectivity index (χ0n) is 23.5. The molecule has 1 amide bonds. The molecular formula is C29H42BNO5Si. The third kappa shape index (κ3) is 6.37. The minimum atomic E-state index is -2.66. The summed E-state index contributed by atoms with van der Waals surface area (Å²) in [6.45, 7) is 15.5. The standard InChI is InChI=1S/C29H42BNO5Si/c1-27(2,3)37(24-15-11-9-12-16-24,25-17-13-10-14-18-25)34-22-20-23(19-21-31-26(32)33-8)30-35-28(4,5)29(6,7)36-30/h9-19,21,23H,20,22H2,1-8H3,(H,31,32)/b21-19+. The zero-order valence-corrected chi connectivity index (χ0v) is 24.5. The van der Waals surface area contributed by atoms with Crippen LogP contribution in [0.3, 0.4) is 0 Å². The predicted octanol–water partition coefficient (Wildman–Crippen LogP) is 5.29. The van der Waals surface area contributed by atoms with Crippen LogP contribution < -0.4 is 15.7 Å². The number of nitrogens with one attached hydrogen (secondary N) is 1. The van der Waals surface area contributed by atoms with Gasteiger partial charge in [-0.25, -0.2) is 4.79 Å². The number of carbonyl (C=O) groups is 1. The van der Waals surface area contributed by atoms with Crippen LogP contribution in [0.2, 0.25) is 10.9 Å². The van der Waals surface area contributed by atoms with Crippen molar-refractivity contribution in [3.63, 3.8) is 0 Å². The Balaban J connectivity index is 1.91. The van der Waals surface area contributed by atoms with Gasteiger partial charge in [0.05, 0.1) is 18.3 Å². The summed E-state index contributed by atoms with van der Waals surface area (Å²) < 4.78 is 24.5. The van der Waals surface area contributed by atoms with E-state index in [2.05, 4.69) is 74.6 Å². The molecule has 6 nitrogen and oxygen atoms in total. The fourth-order valence-corrected chi connectivity index (χ4v) is 9.37. The van der Waals surface area contributed by atoms with E-state index in [4.69, 9.17) is 18.5 Å². The molecule has 0 spiro atoms. The van der Waals surface area contributed by atoms with Gasteiger partial charge >= 0.3 is 13.2 Å². The van der Waals surface area contributed by atoms with E-state index in [0.717, 1.165) is 0 Å². The van der Waals surface area contributed by atoms with Crippen LogP contribution in [0.15, 0.2) is 72.9 Å². The maximum atomic E-state index is 11.6. The van der Waals surface area contributed by atoms with E-state index in [9.17, 15) is 4.79 Å². The predicted molar refractivity (Wildman–Crippen MR) is 153 cm³/mol. The molecule has 1 aliphatic heterocycles. The number of hydrogen-bond acceptors (Lipinski definition) is 5. The van der Waals surface area contributed by atoms with Gasteiger partial charge in [-0.05, 0) is 49.5 Å². The lowest BCUT2D eigenvalue weighted by Gasteiger charge is -2.43. The van der Waals surface area contributed by atoms with Crippen LogP contribution in [-0.2, 0) is 18.5 Å². The first kappa shape index (κ1) is 29.2. The van der Waals surface area contributed by atoms with E-state index in [1.54, 1.807) is 6.20 Å². The van der Waals surface area contributed by atoms with Crippen molar-refractivity contribution >= 4 is 31.9 Å². The summed E-state index contributed by atoms with van der Waals surface area (Å²) >= 11 is 0. The summed E-state index contributed by atoms with van der Waals surface area (Å²) in [6, 6.07) is 21.2. The lowest BCUT2D eigenvalue weighted by Crippen LogP contribution is -2.66. The molecule has 0 bridgehead atoms. The quantitative estimate of drug-likeness (QED) is 0.453. The Morgan fingerprint density at radius 1 is 0.973 bits per heavy atom. The van der Waals surface area contributed by atoms with Crippen LogP contribution in [0, 0.1) is 0 Å². The van der Waals surface area contributed by atoms with Crippen molar-refractivity contribution in [2.24, 2.45) is 0 Å². The van der Waals surface area contributed by atoms with Crippen LogP contribution in [0.4, 0.5) is 4.79 Å². The number of benzene rings is 2. The molecule has 1 fully saturated rings. The molecule has 2 aromatic rings. The van der Waals surface area contributed by atoms with Crippen LogP contribution in [0.25, 0.3) is 0 Å². The molecular weight excluding hydrogens is 481 g/mol. The topological polar surface area (TPSA) is 66.0 Å². The van der Waals surface area contributed by atoms with Crippen molar-refractivity contribution in [2.75, 3.05) is 13.7 Å². The summed E-state index contributed by atoms with van der Waals surface area (Å²) in [5, 5.41) is 4.99. The molecule has 2 aromatic carbocycles. The van der Waals surface area contributed by atoms with Crippen LogP contribution >= 0.6 is 0 Å². The van der Waals surface area contributed by atoms with Gasteiger partial charge < -0.3 is 18.5 Å². The summed E-state index contributed by atoms with van der Waals surface area (Å²) in [7, 11) is -1.79. The third-order valence-electron chi connectivity index (χ3n) is 7.54. The summed E-state index contributed by atoms with van der Waals surface area (Å²) in [5.41, 5.74) is -0.920. The van der Waals surface area contributed by atoms with Crippen molar-refractivity contribution in [1.29, 1.82) is 0 Å². The zero-order chi connectivity index (χ0) is 27.3. The summed E-state index contributed by atoms with van der Waals surface area (Å²) in [5.74, 6) is -0.142. The Morgan fingerprint density at radius 2 is 1.46 bits per heavy atom. The molecule has 8 heteroatoms. The normalized spacial score (nSPS) is 18.1. The number of amides is 1. The van der Waals surface area contributed by atoms with E-state index in [-0.39, 0.29) is 10.9 Å². The molecule has 1 heterocycles. The van der Waals surface area contributed by atoms with Crippen molar-refractivity contribution in [3.8, 4) is 0 Å². The molecule has 0 radical (unpaired) electrons. The minimum absolute atomic E-state index is 0.113. The highest BCUT2D eigenvalue weighted by Gasteiger charge is 2.54. The van der Waals surface area contributed by atoms with Crippen molar-refractivity contribution < 1.29 is 23.3 Å². The molecule has 1 saturated heterocycles. The molecule has 37 heavy (non-hydrogen) atoms. The SMILES string of the molecule is COC(=O)N/C=C/C(CCO[Si](c1ccccc1)(c1ccccc1)C(C)(C)C)B1OC(C)(C)C(C)(C)O1. The number of carbonyl (C=O) groups excluding carboxylic acids is 1. The fourth-order valence-electron chi connectivity index (χ4n) is 4.79. The first-order chi connectivity index (χ1) is 17.3. The van der Waals surface area contributed by atoms with Crippen LogP contribution in [0.5, 0.6) is 0 Å². The van der Waals surface area contributed by atoms with Gasteiger partial charge in [-0.3, -0.25) is 5.32 Å². The molecule has 0 aromatic heterocycles. The fraction of sp³-hybridized carbons (Fsp3) is 0.483. The Hall–Kier alpha value is -2.39. The molecule has 0 aliphatic carbocycles. The Bertz CT molecular complexity index is 997. The number of ether oxygens (including phenoxy) is 1. The van der Waals surface area contributed by atoms with Crippen molar-refractivity contribution in [3.05, 3.63) is 72.9 Å². The van der Waals surface area contributed by atoms with Gasteiger partial charge in [0.15, 0.2) is 0 Å². The van der Waals surface area contributed by atoms with Crippen LogP contribution in [-0.4, -0.2) is 46.4 Å². The first-order valence-corrected chi connectivity index (χ1v) is 14.9. The monoisotopic (exact) mass is 523 g/mol. The summed E-state index contributed by atoms with van der Waals surface area (Å²) in [6.07, 6.45) is 3.64. The van der Waals surface area contributed by atoms with Crippen LogP contribution in [0.1, 0.15) is 54.9 Å². The van der Waals surface area contributed by atoms with Gasteiger partial charge in [-0.15, -0.1) is 0 Å². The Morgan fingerprint density at radius 3 is 1.89 bits per heavy atom. The largest absolute Gasteiger partial charge is 0.465 e. The average Bonchev–Trinajstić information content (AvgIpc) is 3.07. The Kier molecular flexibility index (Phi) is 9.11. The molecule has 0 saturated carbocycles. The second-order valence-corrected chi connectivity index (χ2v) is 15.9. The average molecular weight is 524 g/mol. The molecule has 1 aliphatic rings. The first-order valence-electron chi connectivity index (χ1n) is 13.0. The number of rotatable bonds is 9. The van der Waals surface area contributed by atoms with Gasteiger partial charge in [-0.1, -0.05) is 87.5 Å². The third-order valence-corrected chi connectivity index (χ3v) is 12.6. The maximum absolute atomic E-state index is 11.6. The minimum Gasteiger partial charge on any atom is -0.453 e. The molecule has 1 unspecified atom stereocenters. The van der Waals surface area contributed by atoms with Gasteiger partial charge in [0.1, 0.15) is 0 Å². The molecule has 3 rings (SSSR count). The van der Waals surface area contributed by atoms with Gasteiger partial charge in [-0.2, -0.15) is 0 Å². The number of methoxy groups -OCH3 is 1. The number of allylic oxidation sites excluding steroid dienone is 1. The smallest absolute Gasteiger partial charge is 0.453 e. The maximum Gasteiger partial charge on any atom is 0.465 e. The van der Waals surface area contributed by atoms with Crippen molar-refractivity contribution in [2.45, 2.75) is 76.9 Å². The molecule has 1 N–H and O–H groups in total. The highest BCUT2D eigenvalue weighted by Crippen LogP contribution is 2.42. The summed E-state index contributed by atoms with van der Waals surface area (Å²) in [4.78, 5) is 11.6. The molecule has 1 atom stereocenters. The number of hydrogen-bond donors (Lipinski definition) is 1. The Labute approximate surface area is 224 Å². The van der Waals surface area contributed by atoms with E-state index < -0.39 is 32.7 Å². The lowest BCUT2D eigenvalue weighted by molar-refractivity contribution is 0.00578. The van der Waals surface area contributed by atoms with E-state index >= 15 is 0 Å². The van der Waals surface area contributed by atoms with E-state index in [0.29, 0.717) is 13.0 Å². The second kappa shape index (κ2) is 11.6. The van der Waals surface area contributed by atoms with Crippen molar-refractivity contribution in [1.82, 2.24) is 5.32 Å². The van der Waals surface area contributed by atoms with Gasteiger partial charge in [0, 0.05) is 18.6 Å². The second-order valence-electron chi connectivity index (χ2n) is 11.6. The highest BCUT2D eigenvalue weighted by molar-refractivity contribution is 6.99. The molecule has 200 valence electrons. The van der Waals surface area contributed by atoms with E-state index in [1.165, 1.54) is 17.5 Å². The highest BCUT2D eigenvalue weighted by atomic mass is 28.4.